The van der Waals surface area contributed by atoms with E-state index in [4.69, 9.17) is 71.1 Å². The van der Waals surface area contributed by atoms with Crippen LogP contribution in [0, 0.1) is 0 Å². The Labute approximate surface area is 572 Å². The van der Waals surface area contributed by atoms with Gasteiger partial charge in [0.05, 0.1) is 112 Å². The quantitative estimate of drug-likeness (QED) is 0.0284. The molecular weight excluding hydrogens is 1230 g/mol. The first-order chi connectivity index (χ1) is 48.0. The van der Waals surface area contributed by atoms with Crippen LogP contribution in [0.2, 0.25) is 0 Å². The van der Waals surface area contributed by atoms with Crippen molar-refractivity contribution in [3.63, 3.8) is 0 Å². The van der Waals surface area contributed by atoms with E-state index in [2.05, 4.69) is 6.58 Å². The Morgan fingerprint density at radius 3 is 0.959 bits per heavy atom. The van der Waals surface area contributed by atoms with Crippen LogP contribution in [0.3, 0.4) is 0 Å². The van der Waals surface area contributed by atoms with Crippen molar-refractivity contribution in [1.29, 1.82) is 0 Å². The van der Waals surface area contributed by atoms with Gasteiger partial charge in [-0.15, -0.1) is 6.58 Å². The smallest absolute Gasteiger partial charge is 0.222 e. The van der Waals surface area contributed by atoms with E-state index in [1.165, 1.54) is 0 Å². The predicted molar refractivity (Wildman–Crippen MR) is 368 cm³/mol. The van der Waals surface area contributed by atoms with Crippen LogP contribution in [-0.2, 0) is 124 Å². The second-order valence-corrected chi connectivity index (χ2v) is 24.0. The number of hydrogen-bond acceptors (Lipinski definition) is 16. The van der Waals surface area contributed by atoms with Gasteiger partial charge in [0, 0.05) is 0 Å². The Kier molecular flexibility index (Phi) is 30.4. The summed E-state index contributed by atoms with van der Waals surface area (Å²) in [4.78, 5) is 0. The molecule has 8 aromatic carbocycles. The van der Waals surface area contributed by atoms with Gasteiger partial charge in [0.2, 0.25) is 11.6 Å². The lowest BCUT2D eigenvalue weighted by Crippen LogP contribution is -2.73. The summed E-state index contributed by atoms with van der Waals surface area (Å²) in [5, 5.41) is 9.39. The monoisotopic (exact) mass is 1320 g/mol. The topological polar surface area (TPSA) is 159 Å². The fourth-order valence-electron chi connectivity index (χ4n) is 11.8. The van der Waals surface area contributed by atoms with Crippen molar-refractivity contribution in [2.75, 3.05) is 72.7 Å². The van der Waals surface area contributed by atoms with Crippen molar-refractivity contribution in [3.8, 4) is 0 Å². The molecule has 0 bridgehead atoms. The zero-order valence-corrected chi connectivity index (χ0v) is 55.4. The van der Waals surface area contributed by atoms with E-state index >= 15 is 0 Å². The second-order valence-electron chi connectivity index (χ2n) is 24.0. The molecule has 2 aliphatic heterocycles. The molecule has 10 rings (SSSR count). The van der Waals surface area contributed by atoms with Crippen molar-refractivity contribution in [2.24, 2.45) is 0 Å². The number of rotatable bonds is 44. The summed E-state index contributed by atoms with van der Waals surface area (Å²) in [7, 11) is 0. The normalized spacial score (nSPS) is 22.5. The highest BCUT2D eigenvalue weighted by Crippen LogP contribution is 2.44. The number of aliphatic hydroxyl groups is 1. The van der Waals surface area contributed by atoms with E-state index in [-0.39, 0.29) is 126 Å². The molecule has 16 nitrogen and oxygen atoms in total. The van der Waals surface area contributed by atoms with Gasteiger partial charge in [-0.3, -0.25) is 0 Å². The summed E-state index contributed by atoms with van der Waals surface area (Å²) >= 11 is 0. The van der Waals surface area contributed by atoms with Gasteiger partial charge in [0.25, 0.3) is 0 Å². The van der Waals surface area contributed by atoms with Crippen LogP contribution in [0.1, 0.15) is 57.3 Å². The SMILES string of the molecule is C=CCCCO[C@@]1(CO[C@@]2(COCCOCCOCCO)O[C@H](COCc3ccccc3)[C@H](OCc3ccccc3)[C@H](OCc3ccccc3)[C@H]2OCc2ccccc2)O[C@H](COCc2ccccc2)[C@H](OCc2ccccc2)[C@H](OCc2ccccc2)[C@H]1OCc1ccccc1. The fraction of sp³-hybridized carbons (Fsp3) is 0.383. The van der Waals surface area contributed by atoms with E-state index in [0.29, 0.717) is 12.8 Å². The molecule has 0 saturated carbocycles. The third-order valence-electron chi connectivity index (χ3n) is 16.7. The first-order valence-corrected chi connectivity index (χ1v) is 33.7. The van der Waals surface area contributed by atoms with Crippen LogP contribution in [0.15, 0.2) is 255 Å². The zero-order chi connectivity index (χ0) is 66.7. The minimum atomic E-state index is -1.92. The number of benzene rings is 8. The van der Waals surface area contributed by atoms with Gasteiger partial charge in [-0.2, -0.15) is 0 Å². The molecule has 0 aromatic heterocycles. The minimum Gasteiger partial charge on any atom is -0.394 e. The third kappa shape index (κ3) is 23.0. The summed E-state index contributed by atoms with van der Waals surface area (Å²) < 4.78 is 107. The lowest BCUT2D eigenvalue weighted by Gasteiger charge is -2.55. The van der Waals surface area contributed by atoms with Gasteiger partial charge in [0.15, 0.2) is 0 Å². The first kappa shape index (κ1) is 72.6. The Morgan fingerprint density at radius 2 is 0.619 bits per heavy atom. The van der Waals surface area contributed by atoms with Gasteiger partial charge < -0.3 is 76.2 Å². The van der Waals surface area contributed by atoms with Crippen molar-refractivity contribution in [2.45, 2.75) is 126 Å². The molecule has 0 unspecified atom stereocenters. The highest BCUT2D eigenvalue weighted by molar-refractivity contribution is 5.21. The molecular formula is C81H94O16. The Morgan fingerprint density at radius 1 is 0.320 bits per heavy atom. The van der Waals surface area contributed by atoms with Crippen molar-refractivity contribution in [1.82, 2.24) is 0 Å². The molecule has 2 fully saturated rings. The lowest BCUT2D eigenvalue weighted by molar-refractivity contribution is -0.433. The third-order valence-corrected chi connectivity index (χ3v) is 16.7. The van der Waals surface area contributed by atoms with Gasteiger partial charge in [-0.1, -0.05) is 249 Å². The molecule has 0 aliphatic carbocycles. The molecule has 2 saturated heterocycles. The number of allylic oxidation sites excluding steroid dienone is 1. The average Bonchev–Trinajstić information content (AvgIpc) is 1.96. The largest absolute Gasteiger partial charge is 0.394 e. The van der Waals surface area contributed by atoms with E-state index in [9.17, 15) is 5.11 Å². The van der Waals surface area contributed by atoms with Gasteiger partial charge in [-0.05, 0) is 57.3 Å². The first-order valence-electron chi connectivity index (χ1n) is 33.7. The average molecular weight is 1320 g/mol. The summed E-state index contributed by atoms with van der Waals surface area (Å²) in [6, 6.07) is 80.0. The predicted octanol–water partition coefficient (Wildman–Crippen LogP) is 13.2. The van der Waals surface area contributed by atoms with Crippen LogP contribution in [0.5, 0.6) is 0 Å². The molecule has 2 aliphatic rings. The van der Waals surface area contributed by atoms with Crippen LogP contribution < -0.4 is 0 Å². The second kappa shape index (κ2) is 40.7. The zero-order valence-electron chi connectivity index (χ0n) is 55.4. The maximum atomic E-state index is 9.39. The maximum absolute atomic E-state index is 9.39. The number of aliphatic hydroxyl groups excluding tert-OH is 1. The van der Waals surface area contributed by atoms with Crippen LogP contribution >= 0.6 is 0 Å². The molecule has 8 aromatic rings. The molecule has 1 N–H and O–H groups in total. The number of ether oxygens (including phenoxy) is 15. The Bertz CT molecular complexity index is 3350. The van der Waals surface area contributed by atoms with Gasteiger partial charge in [-0.25, -0.2) is 0 Å². The van der Waals surface area contributed by atoms with E-state index in [1.807, 2.05) is 249 Å². The summed E-state index contributed by atoms with van der Waals surface area (Å²) in [5.74, 6) is -3.78. The van der Waals surface area contributed by atoms with E-state index in [0.717, 1.165) is 44.5 Å². The summed E-state index contributed by atoms with van der Waals surface area (Å²) in [5.41, 5.74) is 7.48. The lowest BCUT2D eigenvalue weighted by atomic mass is 9.90. The molecule has 0 amide bonds. The number of unbranched alkanes of at least 4 members (excludes halogenated alkanes) is 1. The molecule has 16 heteroatoms. The van der Waals surface area contributed by atoms with Crippen molar-refractivity contribution in [3.05, 3.63) is 300 Å². The summed E-state index contributed by atoms with van der Waals surface area (Å²) in [6.07, 6.45) is -4.51. The van der Waals surface area contributed by atoms with Crippen molar-refractivity contribution >= 4 is 0 Å². The highest BCUT2D eigenvalue weighted by Gasteiger charge is 2.63. The fourth-order valence-corrected chi connectivity index (χ4v) is 11.8. The molecule has 0 radical (unpaired) electrons. The molecule has 0 spiro atoms. The minimum absolute atomic E-state index is 0.0200. The van der Waals surface area contributed by atoms with E-state index < -0.39 is 60.4 Å². The molecule has 514 valence electrons. The van der Waals surface area contributed by atoms with Crippen LogP contribution in [-0.4, -0.2) is 138 Å². The Balaban J connectivity index is 1.13. The maximum Gasteiger partial charge on any atom is 0.222 e. The summed E-state index contributed by atoms with van der Waals surface area (Å²) in [6.45, 7) is 6.14. The van der Waals surface area contributed by atoms with Crippen LogP contribution in [0.4, 0.5) is 0 Å². The highest BCUT2D eigenvalue weighted by atomic mass is 16.8. The van der Waals surface area contributed by atoms with Gasteiger partial charge in [0.1, 0.15) is 62.0 Å². The standard InChI is InChI=1S/C81H94O16/c1-2-3-28-46-94-81(79(93-59-71-43-26-11-27-44-71)77(91-57-69-39-22-9-23-40-69)75(89-55-67-35-18-7-19-36-67)73(97-81)61-87-53-65-31-14-5-15-32-65)63-95-80(62-85-51-50-84-49-48-83-47-45-82)78(92-58-70-41-24-10-25-42-70)76(90-56-68-37-20-8-21-38-68)74(88-54-66-33-16-6-17-34-66)72(96-80)60-86-52-64-29-12-4-13-30-64/h2,4-27,29-44,72-79,82H,1,3,28,45-63H2/t72-,73-,74+,75+,76+,77+,78-,79-,80+,81+/m1/s1. The number of hydrogen-bond donors (Lipinski definition) is 1. The molecule has 10 atom stereocenters. The van der Waals surface area contributed by atoms with Crippen molar-refractivity contribution < 1.29 is 76.2 Å². The van der Waals surface area contributed by atoms with Gasteiger partial charge >= 0.3 is 0 Å². The van der Waals surface area contributed by atoms with Crippen LogP contribution in [0.25, 0.3) is 0 Å². The molecule has 97 heavy (non-hydrogen) atoms. The van der Waals surface area contributed by atoms with E-state index in [1.54, 1.807) is 0 Å². The Hall–Kier alpha value is -7.14. The molecule has 2 heterocycles.